The first-order chi connectivity index (χ1) is 7.61. The lowest BCUT2D eigenvalue weighted by atomic mass is 9.93. The van der Waals surface area contributed by atoms with E-state index in [9.17, 15) is 0 Å². The number of hydrogen-bond acceptors (Lipinski definition) is 2. The standard InChI is InChI=1S/C14H18O2/c1-14(2)8-7-12-10-11(4-3-9-15)5-6-13(12)16-14/h3-6,10,15H,7-9H2,1-2H3/b4-3+. The van der Waals surface area contributed by atoms with Crippen LogP contribution in [0.25, 0.3) is 6.08 Å². The van der Waals surface area contributed by atoms with Gasteiger partial charge in [0.25, 0.3) is 0 Å². The summed E-state index contributed by atoms with van der Waals surface area (Å²) in [6.07, 6.45) is 5.78. The summed E-state index contributed by atoms with van der Waals surface area (Å²) >= 11 is 0. The summed E-state index contributed by atoms with van der Waals surface area (Å²) in [4.78, 5) is 0. The summed E-state index contributed by atoms with van der Waals surface area (Å²) in [6.45, 7) is 4.33. The number of fused-ring (bicyclic) bond motifs is 1. The van der Waals surface area contributed by atoms with Crippen LogP contribution in [0.2, 0.25) is 0 Å². The van der Waals surface area contributed by atoms with Crippen molar-refractivity contribution >= 4 is 6.08 Å². The van der Waals surface area contributed by atoms with Gasteiger partial charge in [0.1, 0.15) is 11.4 Å². The smallest absolute Gasteiger partial charge is 0.123 e. The summed E-state index contributed by atoms with van der Waals surface area (Å²) in [6, 6.07) is 6.18. The van der Waals surface area contributed by atoms with Crippen LogP contribution in [-0.4, -0.2) is 17.3 Å². The Morgan fingerprint density at radius 3 is 3.00 bits per heavy atom. The lowest BCUT2D eigenvalue weighted by molar-refractivity contribution is 0.0847. The fourth-order valence-electron chi connectivity index (χ4n) is 1.97. The lowest BCUT2D eigenvalue weighted by Crippen LogP contribution is -2.32. The van der Waals surface area contributed by atoms with E-state index in [0.29, 0.717) is 0 Å². The monoisotopic (exact) mass is 218 g/mol. The molecule has 1 aliphatic rings. The third kappa shape index (κ3) is 2.45. The number of aryl methyl sites for hydroxylation is 1. The van der Waals surface area contributed by atoms with E-state index < -0.39 is 0 Å². The number of rotatable bonds is 2. The minimum absolute atomic E-state index is 0.0462. The van der Waals surface area contributed by atoms with Gasteiger partial charge in [0.15, 0.2) is 0 Å². The van der Waals surface area contributed by atoms with Gasteiger partial charge in [0, 0.05) is 0 Å². The average molecular weight is 218 g/mol. The van der Waals surface area contributed by atoms with Crippen molar-refractivity contribution in [2.45, 2.75) is 32.3 Å². The van der Waals surface area contributed by atoms with Crippen molar-refractivity contribution in [1.82, 2.24) is 0 Å². The van der Waals surface area contributed by atoms with Crippen molar-refractivity contribution in [3.05, 3.63) is 35.4 Å². The fourth-order valence-corrected chi connectivity index (χ4v) is 1.97. The van der Waals surface area contributed by atoms with Gasteiger partial charge in [-0.25, -0.2) is 0 Å². The van der Waals surface area contributed by atoms with Gasteiger partial charge in [0.05, 0.1) is 6.61 Å². The van der Waals surface area contributed by atoms with Crippen molar-refractivity contribution in [1.29, 1.82) is 0 Å². The molecule has 0 saturated heterocycles. The van der Waals surface area contributed by atoms with Crippen LogP contribution in [0.3, 0.4) is 0 Å². The van der Waals surface area contributed by atoms with Crippen LogP contribution in [0.15, 0.2) is 24.3 Å². The zero-order valence-electron chi connectivity index (χ0n) is 9.86. The van der Waals surface area contributed by atoms with Crippen LogP contribution in [-0.2, 0) is 6.42 Å². The molecule has 1 aliphatic heterocycles. The predicted molar refractivity (Wildman–Crippen MR) is 65.6 cm³/mol. The Labute approximate surface area is 96.6 Å². The van der Waals surface area contributed by atoms with Gasteiger partial charge in [-0.1, -0.05) is 18.2 Å². The molecule has 2 nitrogen and oxygen atoms in total. The van der Waals surface area contributed by atoms with Crippen LogP contribution in [0.5, 0.6) is 5.75 Å². The molecule has 0 aliphatic carbocycles. The summed E-state index contributed by atoms with van der Waals surface area (Å²) < 4.78 is 5.91. The molecular weight excluding hydrogens is 200 g/mol. The molecule has 0 spiro atoms. The molecule has 2 heteroatoms. The van der Waals surface area contributed by atoms with E-state index in [1.807, 2.05) is 18.2 Å². The van der Waals surface area contributed by atoms with Crippen molar-refractivity contribution in [3.8, 4) is 5.75 Å². The summed E-state index contributed by atoms with van der Waals surface area (Å²) in [5.74, 6) is 0.998. The molecule has 1 heterocycles. The van der Waals surface area contributed by atoms with Gasteiger partial charge in [0.2, 0.25) is 0 Å². The van der Waals surface area contributed by atoms with Gasteiger partial charge in [-0.3, -0.25) is 0 Å². The van der Waals surface area contributed by atoms with Crippen molar-refractivity contribution in [2.24, 2.45) is 0 Å². The first-order valence-electron chi connectivity index (χ1n) is 5.70. The molecule has 16 heavy (non-hydrogen) atoms. The van der Waals surface area contributed by atoms with E-state index in [2.05, 4.69) is 19.9 Å². The van der Waals surface area contributed by atoms with E-state index in [4.69, 9.17) is 9.84 Å². The number of ether oxygens (including phenoxy) is 1. The molecule has 0 atom stereocenters. The molecular formula is C14H18O2. The molecule has 1 N–H and O–H groups in total. The quantitative estimate of drug-likeness (QED) is 0.827. The highest BCUT2D eigenvalue weighted by Gasteiger charge is 2.26. The maximum atomic E-state index is 8.72. The topological polar surface area (TPSA) is 29.5 Å². The highest BCUT2D eigenvalue weighted by atomic mass is 16.5. The summed E-state index contributed by atoms with van der Waals surface area (Å²) in [7, 11) is 0. The second-order valence-corrected chi connectivity index (χ2v) is 4.81. The molecule has 2 rings (SSSR count). The molecule has 0 fully saturated rings. The normalized spacial score (nSPS) is 18.2. The Kier molecular flexibility index (Phi) is 3.01. The predicted octanol–water partition coefficient (Wildman–Crippen LogP) is 2.80. The highest BCUT2D eigenvalue weighted by Crippen LogP contribution is 2.33. The maximum absolute atomic E-state index is 8.72. The van der Waals surface area contributed by atoms with Crippen LogP contribution >= 0.6 is 0 Å². The molecule has 1 aromatic carbocycles. The Balaban J connectivity index is 2.25. The zero-order chi connectivity index (χ0) is 11.6. The molecule has 0 aromatic heterocycles. The molecule has 0 unspecified atom stereocenters. The highest BCUT2D eigenvalue weighted by molar-refractivity contribution is 5.54. The molecule has 1 aromatic rings. The second kappa shape index (κ2) is 4.30. The molecule has 0 saturated carbocycles. The first kappa shape index (κ1) is 11.2. The molecule has 0 amide bonds. The van der Waals surface area contributed by atoms with Gasteiger partial charge < -0.3 is 9.84 Å². The third-order valence-electron chi connectivity index (χ3n) is 2.88. The van der Waals surface area contributed by atoms with Crippen LogP contribution in [0, 0.1) is 0 Å². The Bertz CT molecular complexity index is 405. The number of hydrogen-bond donors (Lipinski definition) is 1. The number of benzene rings is 1. The average Bonchev–Trinajstić information content (AvgIpc) is 2.25. The first-order valence-corrected chi connectivity index (χ1v) is 5.70. The van der Waals surface area contributed by atoms with Gasteiger partial charge in [-0.05, 0) is 49.9 Å². The van der Waals surface area contributed by atoms with Crippen molar-refractivity contribution < 1.29 is 9.84 Å². The molecule has 0 radical (unpaired) electrons. The largest absolute Gasteiger partial charge is 0.488 e. The van der Waals surface area contributed by atoms with E-state index in [-0.39, 0.29) is 12.2 Å². The minimum atomic E-state index is -0.0462. The lowest BCUT2D eigenvalue weighted by Gasteiger charge is -2.32. The maximum Gasteiger partial charge on any atom is 0.123 e. The van der Waals surface area contributed by atoms with Crippen LogP contribution in [0.1, 0.15) is 31.4 Å². The second-order valence-electron chi connectivity index (χ2n) is 4.81. The SMILES string of the molecule is CC1(C)CCc2cc(/C=C/CO)ccc2O1. The van der Waals surface area contributed by atoms with Crippen molar-refractivity contribution in [2.75, 3.05) is 6.61 Å². The summed E-state index contributed by atoms with van der Waals surface area (Å²) in [5, 5.41) is 8.72. The van der Waals surface area contributed by atoms with Crippen LogP contribution < -0.4 is 4.74 Å². The van der Waals surface area contributed by atoms with Gasteiger partial charge in [-0.15, -0.1) is 0 Å². The molecule has 0 bridgehead atoms. The van der Waals surface area contributed by atoms with E-state index in [0.717, 1.165) is 24.2 Å². The van der Waals surface area contributed by atoms with E-state index >= 15 is 0 Å². The number of aliphatic hydroxyl groups excluding tert-OH is 1. The fraction of sp³-hybridized carbons (Fsp3) is 0.429. The zero-order valence-corrected chi connectivity index (χ0v) is 9.86. The van der Waals surface area contributed by atoms with E-state index in [1.165, 1.54) is 5.56 Å². The molecule has 86 valence electrons. The Morgan fingerprint density at radius 2 is 2.25 bits per heavy atom. The Morgan fingerprint density at radius 1 is 1.44 bits per heavy atom. The minimum Gasteiger partial charge on any atom is -0.488 e. The summed E-state index contributed by atoms with van der Waals surface area (Å²) in [5.41, 5.74) is 2.34. The third-order valence-corrected chi connectivity index (χ3v) is 2.88. The van der Waals surface area contributed by atoms with Crippen molar-refractivity contribution in [3.63, 3.8) is 0 Å². The van der Waals surface area contributed by atoms with Crippen LogP contribution in [0.4, 0.5) is 0 Å². The van der Waals surface area contributed by atoms with Gasteiger partial charge >= 0.3 is 0 Å². The number of aliphatic hydroxyl groups is 1. The van der Waals surface area contributed by atoms with E-state index in [1.54, 1.807) is 6.08 Å². The van der Waals surface area contributed by atoms with Gasteiger partial charge in [-0.2, -0.15) is 0 Å². The Hall–Kier alpha value is -1.28.